The molecule has 1 aromatic carbocycles. The van der Waals surface area contributed by atoms with Crippen LogP contribution < -0.4 is 10.5 Å². The second-order valence-electron chi connectivity index (χ2n) is 4.35. The lowest BCUT2D eigenvalue weighted by Crippen LogP contribution is -2.19. The molecular formula is C13H19NO2. The van der Waals surface area contributed by atoms with Crippen LogP contribution in [-0.2, 0) is 10.2 Å². The SMILES string of the molecule is COCCOc1ccc(C2(CN)CC2)cc1. The summed E-state index contributed by atoms with van der Waals surface area (Å²) < 4.78 is 10.4. The zero-order valence-corrected chi connectivity index (χ0v) is 9.74. The third-order valence-corrected chi connectivity index (χ3v) is 3.27. The van der Waals surface area contributed by atoms with Crippen molar-refractivity contribution in [3.8, 4) is 5.75 Å². The molecule has 0 atom stereocenters. The van der Waals surface area contributed by atoms with Gasteiger partial charge in [0.05, 0.1) is 6.61 Å². The minimum Gasteiger partial charge on any atom is -0.491 e. The van der Waals surface area contributed by atoms with Crippen molar-refractivity contribution < 1.29 is 9.47 Å². The van der Waals surface area contributed by atoms with Crippen molar-refractivity contribution >= 4 is 0 Å². The van der Waals surface area contributed by atoms with Crippen LogP contribution in [0, 0.1) is 0 Å². The van der Waals surface area contributed by atoms with Crippen LogP contribution in [-0.4, -0.2) is 26.9 Å². The van der Waals surface area contributed by atoms with Crippen LogP contribution in [0.5, 0.6) is 5.75 Å². The summed E-state index contributed by atoms with van der Waals surface area (Å²) in [5.41, 5.74) is 7.40. The molecule has 0 unspecified atom stereocenters. The van der Waals surface area contributed by atoms with Gasteiger partial charge in [-0.25, -0.2) is 0 Å². The molecule has 0 amide bonds. The van der Waals surface area contributed by atoms with E-state index < -0.39 is 0 Å². The molecular weight excluding hydrogens is 202 g/mol. The Morgan fingerprint density at radius 3 is 2.38 bits per heavy atom. The molecule has 1 aromatic rings. The maximum Gasteiger partial charge on any atom is 0.119 e. The summed E-state index contributed by atoms with van der Waals surface area (Å²) in [4.78, 5) is 0. The Bertz CT molecular complexity index is 330. The van der Waals surface area contributed by atoms with E-state index in [-0.39, 0.29) is 5.41 Å². The number of benzene rings is 1. The van der Waals surface area contributed by atoms with Gasteiger partial charge in [-0.05, 0) is 30.5 Å². The normalized spacial score (nSPS) is 17.1. The van der Waals surface area contributed by atoms with Crippen LogP contribution in [0.3, 0.4) is 0 Å². The van der Waals surface area contributed by atoms with E-state index in [4.69, 9.17) is 15.2 Å². The predicted molar refractivity (Wildman–Crippen MR) is 63.8 cm³/mol. The van der Waals surface area contributed by atoms with Gasteiger partial charge in [0, 0.05) is 19.1 Å². The first kappa shape index (κ1) is 11.4. The van der Waals surface area contributed by atoms with Gasteiger partial charge in [-0.15, -0.1) is 0 Å². The van der Waals surface area contributed by atoms with Crippen molar-refractivity contribution in [2.45, 2.75) is 18.3 Å². The fourth-order valence-corrected chi connectivity index (χ4v) is 1.91. The monoisotopic (exact) mass is 221 g/mol. The van der Waals surface area contributed by atoms with Crippen LogP contribution in [0.15, 0.2) is 24.3 Å². The molecule has 0 bridgehead atoms. The molecule has 88 valence electrons. The molecule has 0 aliphatic heterocycles. The van der Waals surface area contributed by atoms with Gasteiger partial charge in [0.2, 0.25) is 0 Å². The molecule has 0 spiro atoms. The molecule has 0 aromatic heterocycles. The lowest BCUT2D eigenvalue weighted by molar-refractivity contribution is 0.146. The molecule has 3 heteroatoms. The van der Waals surface area contributed by atoms with Crippen LogP contribution in [0.1, 0.15) is 18.4 Å². The van der Waals surface area contributed by atoms with Gasteiger partial charge in [0.1, 0.15) is 12.4 Å². The highest BCUT2D eigenvalue weighted by molar-refractivity contribution is 5.36. The highest BCUT2D eigenvalue weighted by Crippen LogP contribution is 2.47. The Balaban J connectivity index is 1.94. The summed E-state index contributed by atoms with van der Waals surface area (Å²) in [7, 11) is 1.67. The average molecular weight is 221 g/mol. The second-order valence-corrected chi connectivity index (χ2v) is 4.35. The first-order chi connectivity index (χ1) is 7.80. The van der Waals surface area contributed by atoms with E-state index in [0.29, 0.717) is 13.2 Å². The molecule has 1 aliphatic carbocycles. The molecule has 1 aliphatic rings. The van der Waals surface area contributed by atoms with E-state index in [1.54, 1.807) is 7.11 Å². The van der Waals surface area contributed by atoms with E-state index >= 15 is 0 Å². The number of hydrogen-bond acceptors (Lipinski definition) is 3. The van der Waals surface area contributed by atoms with Gasteiger partial charge in [-0.1, -0.05) is 12.1 Å². The Hall–Kier alpha value is -1.06. The maximum atomic E-state index is 5.79. The van der Waals surface area contributed by atoms with Crippen molar-refractivity contribution in [1.29, 1.82) is 0 Å². The number of hydrogen-bond donors (Lipinski definition) is 1. The lowest BCUT2D eigenvalue weighted by atomic mass is 9.96. The second kappa shape index (κ2) is 4.85. The van der Waals surface area contributed by atoms with Gasteiger partial charge < -0.3 is 15.2 Å². The molecule has 2 N–H and O–H groups in total. The number of methoxy groups -OCH3 is 1. The van der Waals surface area contributed by atoms with Gasteiger partial charge in [0.25, 0.3) is 0 Å². The molecule has 0 heterocycles. The molecule has 1 fully saturated rings. The molecule has 16 heavy (non-hydrogen) atoms. The number of nitrogens with two attached hydrogens (primary N) is 1. The maximum absolute atomic E-state index is 5.79. The van der Waals surface area contributed by atoms with Crippen LogP contribution in [0.25, 0.3) is 0 Å². The standard InChI is InChI=1S/C13H19NO2/c1-15-8-9-16-12-4-2-11(3-5-12)13(10-14)6-7-13/h2-5H,6-10,14H2,1H3. The van der Waals surface area contributed by atoms with Crippen LogP contribution >= 0.6 is 0 Å². The lowest BCUT2D eigenvalue weighted by Gasteiger charge is -2.13. The molecule has 0 saturated heterocycles. The molecule has 3 nitrogen and oxygen atoms in total. The smallest absolute Gasteiger partial charge is 0.119 e. The minimum atomic E-state index is 0.269. The Labute approximate surface area is 96.5 Å². The van der Waals surface area contributed by atoms with E-state index in [1.807, 2.05) is 12.1 Å². The first-order valence-corrected chi connectivity index (χ1v) is 5.73. The topological polar surface area (TPSA) is 44.5 Å². The van der Waals surface area contributed by atoms with E-state index in [1.165, 1.54) is 18.4 Å². The fourth-order valence-electron chi connectivity index (χ4n) is 1.91. The van der Waals surface area contributed by atoms with Crippen molar-refractivity contribution in [2.75, 3.05) is 26.9 Å². The van der Waals surface area contributed by atoms with E-state index in [0.717, 1.165) is 12.3 Å². The quantitative estimate of drug-likeness (QED) is 0.744. The summed E-state index contributed by atoms with van der Waals surface area (Å²) in [6.45, 7) is 1.96. The fraction of sp³-hybridized carbons (Fsp3) is 0.538. The molecule has 2 rings (SSSR count). The largest absolute Gasteiger partial charge is 0.491 e. The van der Waals surface area contributed by atoms with E-state index in [9.17, 15) is 0 Å². The highest BCUT2D eigenvalue weighted by atomic mass is 16.5. The predicted octanol–water partition coefficient (Wildman–Crippen LogP) is 1.70. The van der Waals surface area contributed by atoms with Gasteiger partial charge in [-0.2, -0.15) is 0 Å². The van der Waals surface area contributed by atoms with Gasteiger partial charge >= 0.3 is 0 Å². The first-order valence-electron chi connectivity index (χ1n) is 5.73. The number of rotatable bonds is 6. The molecule has 1 saturated carbocycles. The van der Waals surface area contributed by atoms with Crippen molar-refractivity contribution in [1.82, 2.24) is 0 Å². The summed E-state index contributed by atoms with van der Waals surface area (Å²) >= 11 is 0. The Kier molecular flexibility index (Phi) is 3.46. The summed E-state index contributed by atoms with van der Waals surface area (Å²) in [6, 6.07) is 8.28. The van der Waals surface area contributed by atoms with Crippen molar-refractivity contribution in [3.05, 3.63) is 29.8 Å². The summed E-state index contributed by atoms with van der Waals surface area (Å²) in [6.07, 6.45) is 2.43. The van der Waals surface area contributed by atoms with E-state index in [2.05, 4.69) is 12.1 Å². The van der Waals surface area contributed by atoms with Crippen LogP contribution in [0.2, 0.25) is 0 Å². The summed E-state index contributed by atoms with van der Waals surface area (Å²) in [5, 5.41) is 0. The molecule has 0 radical (unpaired) electrons. The zero-order valence-electron chi connectivity index (χ0n) is 9.74. The highest BCUT2D eigenvalue weighted by Gasteiger charge is 2.42. The van der Waals surface area contributed by atoms with Gasteiger partial charge in [-0.3, -0.25) is 0 Å². The average Bonchev–Trinajstić information content (AvgIpc) is 3.11. The summed E-state index contributed by atoms with van der Waals surface area (Å²) in [5.74, 6) is 0.897. The third kappa shape index (κ3) is 2.36. The van der Waals surface area contributed by atoms with Crippen molar-refractivity contribution in [2.24, 2.45) is 5.73 Å². The van der Waals surface area contributed by atoms with Crippen LogP contribution in [0.4, 0.5) is 0 Å². The Morgan fingerprint density at radius 2 is 1.88 bits per heavy atom. The Morgan fingerprint density at radius 1 is 1.19 bits per heavy atom. The van der Waals surface area contributed by atoms with Gasteiger partial charge in [0.15, 0.2) is 0 Å². The minimum absolute atomic E-state index is 0.269. The zero-order chi connectivity index (χ0) is 11.4. The number of ether oxygens (including phenoxy) is 2. The third-order valence-electron chi connectivity index (χ3n) is 3.27. The van der Waals surface area contributed by atoms with Crippen molar-refractivity contribution in [3.63, 3.8) is 0 Å².